The Morgan fingerprint density at radius 1 is 0.489 bits per heavy atom. The number of hydrogen-bond donors (Lipinski definition) is 0. The SMILES string of the molecule is CC(C)(C)c1ccc2c(c1)c1cc(C(C)(C)C)ccc1n2-c1cccc2c(=O)c3cc4sc5ccccc5c(=O)c4cc3sc12. The van der Waals surface area contributed by atoms with Gasteiger partial charge in [0.05, 0.1) is 21.4 Å². The summed E-state index contributed by atoms with van der Waals surface area (Å²) in [5.41, 5.74) is 5.83. The quantitative estimate of drug-likeness (QED) is 0.171. The first-order valence-corrected chi connectivity index (χ1v) is 17.0. The molecule has 3 aromatic heterocycles. The lowest BCUT2D eigenvalue weighted by Gasteiger charge is -2.19. The van der Waals surface area contributed by atoms with Crippen LogP contribution in [-0.2, 0) is 10.8 Å². The van der Waals surface area contributed by atoms with Gasteiger partial charge in [0.1, 0.15) is 0 Å². The van der Waals surface area contributed by atoms with E-state index in [9.17, 15) is 9.59 Å². The zero-order chi connectivity index (χ0) is 31.4. The number of benzene rings is 5. The molecule has 0 aliphatic rings. The van der Waals surface area contributed by atoms with Gasteiger partial charge in [0.15, 0.2) is 10.9 Å². The largest absolute Gasteiger partial charge is 0.308 e. The van der Waals surface area contributed by atoms with Crippen LogP contribution in [0.5, 0.6) is 0 Å². The standard InChI is InChI=1S/C40H33NO2S2/c1-39(2,3)22-14-16-30-26(18-22)27-19-23(40(4,5)6)15-17-31(27)41(30)32-12-9-11-25-37(43)29-20-34-28(21-35(29)45-38(25)32)36(42)24-10-7-8-13-33(24)44-34/h7-21H,1-6H3. The zero-order valence-electron chi connectivity index (χ0n) is 26.2. The molecule has 0 aliphatic heterocycles. The molecule has 3 nitrogen and oxygen atoms in total. The van der Waals surface area contributed by atoms with Gasteiger partial charge in [-0.1, -0.05) is 71.9 Å². The summed E-state index contributed by atoms with van der Waals surface area (Å²) in [4.78, 5) is 27.7. The van der Waals surface area contributed by atoms with E-state index >= 15 is 0 Å². The summed E-state index contributed by atoms with van der Waals surface area (Å²) in [6, 6.07) is 31.3. The van der Waals surface area contributed by atoms with Crippen molar-refractivity contribution in [1.29, 1.82) is 0 Å². The number of fused-ring (bicyclic) bond motifs is 7. The highest BCUT2D eigenvalue weighted by Gasteiger charge is 2.22. The first kappa shape index (κ1) is 28.2. The average Bonchev–Trinajstić information content (AvgIpc) is 3.33. The van der Waals surface area contributed by atoms with Gasteiger partial charge in [-0.3, -0.25) is 9.59 Å². The second-order valence-corrected chi connectivity index (χ2v) is 16.3. The van der Waals surface area contributed by atoms with Crippen LogP contribution in [0, 0.1) is 0 Å². The molecular weight excluding hydrogens is 591 g/mol. The summed E-state index contributed by atoms with van der Waals surface area (Å²) in [5.74, 6) is 0. The summed E-state index contributed by atoms with van der Waals surface area (Å²) >= 11 is 3.16. The second-order valence-electron chi connectivity index (χ2n) is 14.2. The van der Waals surface area contributed by atoms with Crippen molar-refractivity contribution in [3.8, 4) is 5.69 Å². The molecule has 5 heteroatoms. The van der Waals surface area contributed by atoms with Crippen LogP contribution in [0.4, 0.5) is 0 Å². The van der Waals surface area contributed by atoms with Crippen LogP contribution in [0.1, 0.15) is 52.7 Å². The topological polar surface area (TPSA) is 39.1 Å². The molecule has 0 fully saturated rings. The summed E-state index contributed by atoms with van der Waals surface area (Å²) in [5, 5.41) is 5.17. The van der Waals surface area contributed by atoms with Crippen LogP contribution in [0.2, 0.25) is 0 Å². The molecule has 45 heavy (non-hydrogen) atoms. The van der Waals surface area contributed by atoms with E-state index in [4.69, 9.17) is 0 Å². The first-order chi connectivity index (χ1) is 21.4. The molecule has 0 aliphatic carbocycles. The van der Waals surface area contributed by atoms with Crippen molar-refractivity contribution < 1.29 is 0 Å². The van der Waals surface area contributed by atoms with Crippen molar-refractivity contribution in [2.45, 2.75) is 52.4 Å². The summed E-state index contributed by atoms with van der Waals surface area (Å²) in [6.45, 7) is 13.5. The van der Waals surface area contributed by atoms with Gasteiger partial charge in [0.25, 0.3) is 0 Å². The summed E-state index contributed by atoms with van der Waals surface area (Å²) in [7, 11) is 0. The molecule has 5 aromatic carbocycles. The lowest BCUT2D eigenvalue weighted by Crippen LogP contribution is -2.10. The van der Waals surface area contributed by atoms with Crippen molar-refractivity contribution in [3.63, 3.8) is 0 Å². The molecule has 8 rings (SSSR count). The monoisotopic (exact) mass is 623 g/mol. The van der Waals surface area contributed by atoms with E-state index in [0.717, 1.165) is 40.9 Å². The van der Waals surface area contributed by atoms with E-state index in [1.807, 2.05) is 48.5 Å². The highest BCUT2D eigenvalue weighted by Crippen LogP contribution is 2.40. The Kier molecular flexibility index (Phi) is 6.00. The van der Waals surface area contributed by atoms with E-state index in [1.54, 1.807) is 22.7 Å². The van der Waals surface area contributed by atoms with Crippen molar-refractivity contribution in [2.24, 2.45) is 0 Å². The number of hydrogen-bond acceptors (Lipinski definition) is 4. The predicted molar refractivity (Wildman–Crippen MR) is 196 cm³/mol. The first-order valence-electron chi connectivity index (χ1n) is 15.3. The van der Waals surface area contributed by atoms with Gasteiger partial charge in [-0.15, -0.1) is 22.7 Å². The van der Waals surface area contributed by atoms with Crippen LogP contribution in [0.3, 0.4) is 0 Å². The molecule has 0 amide bonds. The molecule has 0 bridgehead atoms. The number of aromatic nitrogens is 1. The third-order valence-corrected chi connectivity index (χ3v) is 11.4. The van der Waals surface area contributed by atoms with Crippen molar-refractivity contribution >= 4 is 84.8 Å². The van der Waals surface area contributed by atoms with E-state index in [2.05, 4.69) is 88.6 Å². The molecule has 0 unspecified atom stereocenters. The molecule has 0 N–H and O–H groups in total. The Bertz CT molecular complexity index is 2590. The van der Waals surface area contributed by atoms with Crippen LogP contribution in [-0.4, -0.2) is 4.57 Å². The molecule has 0 saturated heterocycles. The Hall–Kier alpha value is -4.32. The fourth-order valence-electron chi connectivity index (χ4n) is 6.55. The van der Waals surface area contributed by atoms with E-state index < -0.39 is 0 Å². The maximum atomic E-state index is 14.2. The lowest BCUT2D eigenvalue weighted by molar-refractivity contribution is 0.590. The van der Waals surface area contributed by atoms with Gasteiger partial charge in [-0.2, -0.15) is 0 Å². The molecule has 0 atom stereocenters. The maximum Gasteiger partial charge on any atom is 0.195 e. The van der Waals surface area contributed by atoms with Gasteiger partial charge in [0, 0.05) is 46.4 Å². The minimum Gasteiger partial charge on any atom is -0.308 e. The maximum absolute atomic E-state index is 14.2. The third kappa shape index (κ3) is 4.28. The molecular formula is C40H33NO2S2. The minimum atomic E-state index is 0.00103. The normalized spacial score (nSPS) is 12.8. The highest BCUT2D eigenvalue weighted by molar-refractivity contribution is 7.26. The number of rotatable bonds is 1. The average molecular weight is 624 g/mol. The molecule has 8 aromatic rings. The van der Waals surface area contributed by atoms with Gasteiger partial charge >= 0.3 is 0 Å². The van der Waals surface area contributed by atoms with Crippen molar-refractivity contribution in [2.75, 3.05) is 0 Å². The van der Waals surface area contributed by atoms with Gasteiger partial charge in [-0.25, -0.2) is 0 Å². The van der Waals surface area contributed by atoms with Gasteiger partial charge < -0.3 is 4.57 Å². The van der Waals surface area contributed by atoms with Crippen LogP contribution >= 0.6 is 22.7 Å². The second kappa shape index (κ2) is 9.59. The Labute approximate surface area is 269 Å². The molecule has 0 spiro atoms. The Balaban J connectivity index is 1.48. The molecule has 222 valence electrons. The fraction of sp³-hybridized carbons (Fsp3) is 0.200. The van der Waals surface area contributed by atoms with Crippen molar-refractivity contribution in [3.05, 3.63) is 123 Å². The summed E-state index contributed by atoms with van der Waals surface area (Å²) < 4.78 is 5.85. The zero-order valence-corrected chi connectivity index (χ0v) is 27.9. The lowest BCUT2D eigenvalue weighted by atomic mass is 9.85. The van der Waals surface area contributed by atoms with Crippen LogP contribution in [0.25, 0.3) is 67.8 Å². The smallest absolute Gasteiger partial charge is 0.195 e. The van der Waals surface area contributed by atoms with Gasteiger partial charge in [-0.05, 0) is 82.6 Å². The van der Waals surface area contributed by atoms with E-state index in [0.29, 0.717) is 16.2 Å². The molecule has 0 radical (unpaired) electrons. The minimum absolute atomic E-state index is 0.00103. The summed E-state index contributed by atoms with van der Waals surface area (Å²) in [6.07, 6.45) is 0. The van der Waals surface area contributed by atoms with E-state index in [1.165, 1.54) is 21.9 Å². The van der Waals surface area contributed by atoms with E-state index in [-0.39, 0.29) is 21.7 Å². The Morgan fingerprint density at radius 3 is 1.62 bits per heavy atom. The molecule has 0 saturated carbocycles. The van der Waals surface area contributed by atoms with Crippen LogP contribution in [0.15, 0.2) is 101 Å². The van der Waals surface area contributed by atoms with Crippen LogP contribution < -0.4 is 10.9 Å². The fourth-order valence-corrected chi connectivity index (χ4v) is 8.83. The third-order valence-electron chi connectivity index (χ3n) is 9.11. The molecule has 3 heterocycles. The van der Waals surface area contributed by atoms with Crippen molar-refractivity contribution in [1.82, 2.24) is 4.57 Å². The predicted octanol–water partition coefficient (Wildman–Crippen LogP) is 10.8. The van der Waals surface area contributed by atoms with Gasteiger partial charge in [0.2, 0.25) is 0 Å². The highest BCUT2D eigenvalue weighted by atomic mass is 32.1. The number of nitrogens with zero attached hydrogens (tertiary/aromatic N) is 1. The Morgan fingerprint density at radius 2 is 1.02 bits per heavy atom.